The lowest BCUT2D eigenvalue weighted by atomic mass is 10.1. The molecule has 13 heavy (non-hydrogen) atoms. The SMILES string of the molecule is CC1CCC[C@@H]1O[C@H]1CCCC1O. The molecule has 2 saturated carbocycles. The minimum absolute atomic E-state index is 0.144. The Morgan fingerprint density at radius 3 is 2.23 bits per heavy atom. The summed E-state index contributed by atoms with van der Waals surface area (Å²) in [6, 6.07) is 0. The van der Waals surface area contributed by atoms with Crippen molar-refractivity contribution in [2.45, 2.75) is 63.8 Å². The summed E-state index contributed by atoms with van der Waals surface area (Å²) >= 11 is 0. The van der Waals surface area contributed by atoms with E-state index in [-0.39, 0.29) is 12.2 Å². The van der Waals surface area contributed by atoms with Crippen molar-refractivity contribution in [2.24, 2.45) is 5.92 Å². The van der Waals surface area contributed by atoms with Crippen molar-refractivity contribution >= 4 is 0 Å². The minimum atomic E-state index is -0.187. The van der Waals surface area contributed by atoms with Crippen LogP contribution in [0.25, 0.3) is 0 Å². The lowest BCUT2D eigenvalue weighted by Gasteiger charge is -2.23. The molecule has 1 N–H and O–H groups in total. The van der Waals surface area contributed by atoms with E-state index in [1.54, 1.807) is 0 Å². The second-order valence-corrected chi connectivity index (χ2v) is 4.62. The van der Waals surface area contributed by atoms with Crippen LogP contribution in [-0.4, -0.2) is 23.4 Å². The van der Waals surface area contributed by atoms with Gasteiger partial charge in [0.15, 0.2) is 0 Å². The van der Waals surface area contributed by atoms with Crippen LogP contribution >= 0.6 is 0 Å². The van der Waals surface area contributed by atoms with Gasteiger partial charge in [0.2, 0.25) is 0 Å². The van der Waals surface area contributed by atoms with E-state index >= 15 is 0 Å². The topological polar surface area (TPSA) is 29.5 Å². The maximum absolute atomic E-state index is 9.61. The molecule has 4 atom stereocenters. The molecular weight excluding hydrogens is 164 g/mol. The van der Waals surface area contributed by atoms with Crippen LogP contribution < -0.4 is 0 Å². The van der Waals surface area contributed by atoms with Crippen molar-refractivity contribution in [2.75, 3.05) is 0 Å². The Labute approximate surface area is 80.3 Å². The molecule has 0 aromatic rings. The van der Waals surface area contributed by atoms with Gasteiger partial charge in [0.1, 0.15) is 0 Å². The molecule has 0 bridgehead atoms. The van der Waals surface area contributed by atoms with Crippen LogP contribution in [0.3, 0.4) is 0 Å². The number of hydrogen-bond acceptors (Lipinski definition) is 2. The highest BCUT2D eigenvalue weighted by Gasteiger charge is 2.32. The first kappa shape index (κ1) is 9.47. The molecule has 2 aliphatic carbocycles. The van der Waals surface area contributed by atoms with Gasteiger partial charge in [0, 0.05) is 0 Å². The number of ether oxygens (including phenoxy) is 1. The van der Waals surface area contributed by atoms with Crippen LogP contribution in [0.15, 0.2) is 0 Å². The molecule has 0 aromatic carbocycles. The summed E-state index contributed by atoms with van der Waals surface area (Å²) in [5.74, 6) is 0.702. The lowest BCUT2D eigenvalue weighted by Crippen LogP contribution is -2.29. The van der Waals surface area contributed by atoms with Crippen molar-refractivity contribution in [1.82, 2.24) is 0 Å². The first-order valence-electron chi connectivity index (χ1n) is 5.61. The van der Waals surface area contributed by atoms with Gasteiger partial charge in [0.05, 0.1) is 18.3 Å². The second-order valence-electron chi connectivity index (χ2n) is 4.62. The van der Waals surface area contributed by atoms with Crippen molar-refractivity contribution in [3.05, 3.63) is 0 Å². The molecule has 0 aliphatic heterocycles. The fourth-order valence-corrected chi connectivity index (χ4v) is 2.60. The molecule has 0 spiro atoms. The van der Waals surface area contributed by atoms with Gasteiger partial charge in [0.25, 0.3) is 0 Å². The number of aliphatic hydroxyl groups excluding tert-OH is 1. The monoisotopic (exact) mass is 184 g/mol. The Morgan fingerprint density at radius 1 is 1.00 bits per heavy atom. The van der Waals surface area contributed by atoms with Crippen LogP contribution in [0.5, 0.6) is 0 Å². The normalized spacial score (nSPS) is 45.7. The Bertz CT molecular complexity index is 151. The standard InChI is InChI=1S/C11H20O2/c1-8-4-2-6-10(8)13-11-7-3-5-9(11)12/h8-12H,2-7H2,1H3/t8?,9?,10-,11-/m0/s1. The summed E-state index contributed by atoms with van der Waals surface area (Å²) < 4.78 is 5.95. The van der Waals surface area contributed by atoms with E-state index in [1.165, 1.54) is 19.3 Å². The van der Waals surface area contributed by atoms with Gasteiger partial charge < -0.3 is 9.84 Å². The van der Waals surface area contributed by atoms with Crippen LogP contribution in [0.4, 0.5) is 0 Å². The van der Waals surface area contributed by atoms with E-state index in [2.05, 4.69) is 6.92 Å². The highest BCUT2D eigenvalue weighted by atomic mass is 16.5. The fraction of sp³-hybridized carbons (Fsp3) is 1.00. The largest absolute Gasteiger partial charge is 0.390 e. The van der Waals surface area contributed by atoms with Gasteiger partial charge in [-0.2, -0.15) is 0 Å². The van der Waals surface area contributed by atoms with E-state index in [1.807, 2.05) is 0 Å². The Morgan fingerprint density at radius 2 is 1.69 bits per heavy atom. The molecule has 2 rings (SSSR count). The summed E-state index contributed by atoms with van der Waals surface area (Å²) in [6.45, 7) is 2.26. The highest BCUT2D eigenvalue weighted by Crippen LogP contribution is 2.32. The molecule has 0 radical (unpaired) electrons. The summed E-state index contributed by atoms with van der Waals surface area (Å²) in [6.07, 6.45) is 7.31. The van der Waals surface area contributed by atoms with Gasteiger partial charge in [-0.25, -0.2) is 0 Å². The van der Waals surface area contributed by atoms with Crippen molar-refractivity contribution in [3.8, 4) is 0 Å². The van der Waals surface area contributed by atoms with Gasteiger partial charge >= 0.3 is 0 Å². The van der Waals surface area contributed by atoms with Crippen LogP contribution in [-0.2, 0) is 4.74 Å². The third kappa shape index (κ3) is 2.05. The molecule has 0 heterocycles. The van der Waals surface area contributed by atoms with Gasteiger partial charge in [-0.1, -0.05) is 13.3 Å². The van der Waals surface area contributed by atoms with Crippen molar-refractivity contribution < 1.29 is 9.84 Å². The smallest absolute Gasteiger partial charge is 0.0837 e. The molecule has 2 fully saturated rings. The zero-order valence-corrected chi connectivity index (χ0v) is 8.41. The minimum Gasteiger partial charge on any atom is -0.390 e. The van der Waals surface area contributed by atoms with Crippen molar-refractivity contribution in [3.63, 3.8) is 0 Å². The highest BCUT2D eigenvalue weighted by molar-refractivity contribution is 4.82. The molecule has 0 amide bonds. The third-order valence-corrected chi connectivity index (χ3v) is 3.55. The third-order valence-electron chi connectivity index (χ3n) is 3.55. The Kier molecular flexibility index (Phi) is 2.89. The molecule has 2 aliphatic rings. The molecule has 0 aromatic heterocycles. The van der Waals surface area contributed by atoms with Gasteiger partial charge in [-0.05, 0) is 38.0 Å². The predicted molar refractivity (Wildman–Crippen MR) is 51.5 cm³/mol. The molecular formula is C11H20O2. The Hall–Kier alpha value is -0.0800. The maximum atomic E-state index is 9.61. The quantitative estimate of drug-likeness (QED) is 0.712. The van der Waals surface area contributed by atoms with E-state index in [0.29, 0.717) is 12.0 Å². The number of hydrogen-bond donors (Lipinski definition) is 1. The fourth-order valence-electron chi connectivity index (χ4n) is 2.60. The summed E-state index contributed by atoms with van der Waals surface area (Å²) in [4.78, 5) is 0. The summed E-state index contributed by atoms with van der Waals surface area (Å²) in [5.41, 5.74) is 0. The Balaban J connectivity index is 1.82. The van der Waals surface area contributed by atoms with Crippen LogP contribution in [0.1, 0.15) is 45.4 Å². The number of rotatable bonds is 2. The van der Waals surface area contributed by atoms with E-state index in [9.17, 15) is 5.11 Å². The average molecular weight is 184 g/mol. The zero-order valence-electron chi connectivity index (χ0n) is 8.41. The van der Waals surface area contributed by atoms with Gasteiger partial charge in [-0.3, -0.25) is 0 Å². The van der Waals surface area contributed by atoms with Crippen LogP contribution in [0.2, 0.25) is 0 Å². The lowest BCUT2D eigenvalue weighted by molar-refractivity contribution is -0.0720. The number of aliphatic hydroxyl groups is 1. The first-order chi connectivity index (χ1) is 6.27. The van der Waals surface area contributed by atoms with Crippen molar-refractivity contribution in [1.29, 1.82) is 0 Å². The van der Waals surface area contributed by atoms with Crippen LogP contribution in [0, 0.1) is 5.92 Å². The molecule has 2 unspecified atom stereocenters. The molecule has 2 nitrogen and oxygen atoms in total. The second kappa shape index (κ2) is 3.97. The maximum Gasteiger partial charge on any atom is 0.0837 e. The van der Waals surface area contributed by atoms with E-state index in [4.69, 9.17) is 4.74 Å². The molecule has 2 heteroatoms. The van der Waals surface area contributed by atoms with E-state index in [0.717, 1.165) is 19.3 Å². The molecule has 76 valence electrons. The zero-order chi connectivity index (χ0) is 9.26. The van der Waals surface area contributed by atoms with E-state index < -0.39 is 0 Å². The summed E-state index contributed by atoms with van der Waals surface area (Å²) in [7, 11) is 0. The average Bonchev–Trinajstić information content (AvgIpc) is 2.65. The summed E-state index contributed by atoms with van der Waals surface area (Å²) in [5, 5.41) is 9.61. The molecule has 0 saturated heterocycles. The van der Waals surface area contributed by atoms with Gasteiger partial charge in [-0.15, -0.1) is 0 Å². The predicted octanol–water partition coefficient (Wildman–Crippen LogP) is 2.11. The first-order valence-corrected chi connectivity index (χ1v) is 5.61.